The highest BCUT2D eigenvalue weighted by Crippen LogP contribution is 2.21. The van der Waals surface area contributed by atoms with Crippen LogP contribution in [0.3, 0.4) is 0 Å². The molecule has 0 aliphatic heterocycles. The van der Waals surface area contributed by atoms with Crippen molar-refractivity contribution in [3.05, 3.63) is 34.9 Å². The smallest absolute Gasteiger partial charge is 0.0458 e. The van der Waals surface area contributed by atoms with Crippen molar-refractivity contribution < 1.29 is 9.90 Å². The standard InChI is InChI=1S/C12H15NO2/c13-11-4-3-9-5-8(6-12(14)15)1-2-10(9)7-11/h1-2,5,11H,3-4,6-7,13H2,(H,14,15)/p-1. The van der Waals surface area contributed by atoms with Crippen LogP contribution in [0.15, 0.2) is 18.2 Å². The average Bonchev–Trinajstić information content (AvgIpc) is 2.17. The first-order chi connectivity index (χ1) is 7.15. The SMILES string of the molecule is NC1CCc2cc(CC(=O)[O-])ccc2C1. The third-order valence-electron chi connectivity index (χ3n) is 2.89. The summed E-state index contributed by atoms with van der Waals surface area (Å²) in [6.45, 7) is 0. The predicted octanol–water partition coefficient (Wildman–Crippen LogP) is -0.205. The molecule has 15 heavy (non-hydrogen) atoms. The molecule has 0 saturated carbocycles. The van der Waals surface area contributed by atoms with E-state index >= 15 is 0 Å². The summed E-state index contributed by atoms with van der Waals surface area (Å²) in [6.07, 6.45) is 2.85. The van der Waals surface area contributed by atoms with Crippen LogP contribution in [0.5, 0.6) is 0 Å². The molecular weight excluding hydrogens is 190 g/mol. The second kappa shape index (κ2) is 4.03. The van der Waals surface area contributed by atoms with Crippen LogP contribution in [-0.2, 0) is 24.1 Å². The van der Waals surface area contributed by atoms with E-state index in [0.29, 0.717) is 0 Å². The number of benzene rings is 1. The van der Waals surface area contributed by atoms with Crippen LogP contribution < -0.4 is 10.8 Å². The Kier molecular flexibility index (Phi) is 2.73. The third kappa shape index (κ3) is 2.36. The van der Waals surface area contributed by atoms with Crippen LogP contribution >= 0.6 is 0 Å². The van der Waals surface area contributed by atoms with Gasteiger partial charge in [0.25, 0.3) is 0 Å². The second-order valence-corrected chi connectivity index (χ2v) is 4.15. The molecule has 2 rings (SSSR count). The first-order valence-corrected chi connectivity index (χ1v) is 5.21. The van der Waals surface area contributed by atoms with Gasteiger partial charge < -0.3 is 15.6 Å². The van der Waals surface area contributed by atoms with Gasteiger partial charge >= 0.3 is 0 Å². The summed E-state index contributed by atoms with van der Waals surface area (Å²) < 4.78 is 0. The molecule has 0 spiro atoms. The van der Waals surface area contributed by atoms with E-state index in [2.05, 4.69) is 0 Å². The van der Waals surface area contributed by atoms with E-state index in [4.69, 9.17) is 5.73 Å². The lowest BCUT2D eigenvalue weighted by Gasteiger charge is -2.22. The van der Waals surface area contributed by atoms with Crippen molar-refractivity contribution in [3.63, 3.8) is 0 Å². The second-order valence-electron chi connectivity index (χ2n) is 4.15. The van der Waals surface area contributed by atoms with Crippen LogP contribution in [-0.4, -0.2) is 12.0 Å². The van der Waals surface area contributed by atoms with Crippen LogP contribution in [0, 0.1) is 0 Å². The molecule has 1 atom stereocenters. The number of carboxylic acids is 1. The molecule has 0 heterocycles. The van der Waals surface area contributed by atoms with Crippen LogP contribution in [0.4, 0.5) is 0 Å². The molecular formula is C12H14NO2-. The van der Waals surface area contributed by atoms with E-state index in [0.717, 1.165) is 24.8 Å². The van der Waals surface area contributed by atoms with E-state index < -0.39 is 5.97 Å². The van der Waals surface area contributed by atoms with Crippen molar-refractivity contribution in [2.75, 3.05) is 0 Å². The van der Waals surface area contributed by atoms with E-state index in [-0.39, 0.29) is 12.5 Å². The molecule has 0 radical (unpaired) electrons. The minimum atomic E-state index is -1.03. The van der Waals surface area contributed by atoms with Gasteiger partial charge in [0.05, 0.1) is 0 Å². The molecule has 3 heteroatoms. The summed E-state index contributed by atoms with van der Waals surface area (Å²) in [5.41, 5.74) is 9.19. The zero-order chi connectivity index (χ0) is 10.8. The molecule has 0 amide bonds. The lowest BCUT2D eigenvalue weighted by Crippen LogP contribution is -2.28. The van der Waals surface area contributed by atoms with Crippen LogP contribution in [0.2, 0.25) is 0 Å². The van der Waals surface area contributed by atoms with Crippen molar-refractivity contribution in [2.24, 2.45) is 5.73 Å². The Balaban J connectivity index is 2.23. The van der Waals surface area contributed by atoms with Gasteiger partial charge in [-0.25, -0.2) is 0 Å². The number of carbonyl (C=O) groups is 1. The maximum absolute atomic E-state index is 10.5. The van der Waals surface area contributed by atoms with Crippen molar-refractivity contribution in [1.29, 1.82) is 0 Å². The van der Waals surface area contributed by atoms with Gasteiger partial charge in [-0.05, 0) is 36.0 Å². The molecule has 0 bridgehead atoms. The Morgan fingerprint density at radius 1 is 1.47 bits per heavy atom. The van der Waals surface area contributed by atoms with Gasteiger partial charge in [0.1, 0.15) is 0 Å². The monoisotopic (exact) mass is 204 g/mol. The summed E-state index contributed by atoms with van der Waals surface area (Å²) in [6, 6.07) is 6.07. The first-order valence-electron chi connectivity index (χ1n) is 5.21. The summed E-state index contributed by atoms with van der Waals surface area (Å²) in [5.74, 6) is -1.03. The molecule has 2 N–H and O–H groups in total. The summed E-state index contributed by atoms with van der Waals surface area (Å²) in [7, 11) is 0. The van der Waals surface area contributed by atoms with E-state index in [1.165, 1.54) is 11.1 Å². The molecule has 0 saturated heterocycles. The quantitative estimate of drug-likeness (QED) is 0.725. The van der Waals surface area contributed by atoms with Gasteiger partial charge in [-0.3, -0.25) is 0 Å². The number of carbonyl (C=O) groups excluding carboxylic acids is 1. The number of hydrogen-bond acceptors (Lipinski definition) is 3. The van der Waals surface area contributed by atoms with Gasteiger partial charge in [-0.15, -0.1) is 0 Å². The fraction of sp³-hybridized carbons (Fsp3) is 0.417. The van der Waals surface area contributed by atoms with Crippen molar-refractivity contribution >= 4 is 5.97 Å². The molecule has 0 aromatic heterocycles. The Hall–Kier alpha value is -1.35. The Bertz CT molecular complexity index is 387. The summed E-state index contributed by atoms with van der Waals surface area (Å²) in [5, 5.41) is 10.5. The normalized spacial score (nSPS) is 19.7. The lowest BCUT2D eigenvalue weighted by molar-refractivity contribution is -0.304. The minimum absolute atomic E-state index is 0.000661. The Morgan fingerprint density at radius 3 is 3.00 bits per heavy atom. The van der Waals surface area contributed by atoms with Gasteiger partial charge in [-0.1, -0.05) is 18.2 Å². The summed E-state index contributed by atoms with van der Waals surface area (Å²) >= 11 is 0. The van der Waals surface area contributed by atoms with Crippen LogP contribution in [0.1, 0.15) is 23.1 Å². The molecule has 1 aromatic carbocycles. The highest BCUT2D eigenvalue weighted by atomic mass is 16.4. The topological polar surface area (TPSA) is 66.2 Å². The third-order valence-corrected chi connectivity index (χ3v) is 2.89. The fourth-order valence-corrected chi connectivity index (χ4v) is 2.11. The zero-order valence-electron chi connectivity index (χ0n) is 8.53. The maximum atomic E-state index is 10.5. The van der Waals surface area contributed by atoms with Crippen molar-refractivity contribution in [1.82, 2.24) is 0 Å². The van der Waals surface area contributed by atoms with Gasteiger partial charge in [-0.2, -0.15) is 0 Å². The van der Waals surface area contributed by atoms with Crippen molar-refractivity contribution in [3.8, 4) is 0 Å². The predicted molar refractivity (Wildman–Crippen MR) is 55.2 cm³/mol. The number of aliphatic carboxylic acids is 1. The summed E-state index contributed by atoms with van der Waals surface area (Å²) in [4.78, 5) is 10.5. The van der Waals surface area contributed by atoms with Gasteiger partial charge in [0.15, 0.2) is 0 Å². The maximum Gasteiger partial charge on any atom is 0.0458 e. The number of hydrogen-bond donors (Lipinski definition) is 1. The first kappa shape index (κ1) is 10.2. The number of rotatable bonds is 2. The number of nitrogens with two attached hydrogens (primary N) is 1. The molecule has 1 aromatic rings. The Morgan fingerprint density at radius 2 is 2.27 bits per heavy atom. The van der Waals surface area contributed by atoms with Crippen molar-refractivity contribution in [2.45, 2.75) is 31.7 Å². The van der Waals surface area contributed by atoms with Gasteiger partial charge in [0.2, 0.25) is 0 Å². The molecule has 1 aliphatic carbocycles. The number of aryl methyl sites for hydroxylation is 1. The van der Waals surface area contributed by atoms with Crippen LogP contribution in [0.25, 0.3) is 0 Å². The average molecular weight is 204 g/mol. The van der Waals surface area contributed by atoms with Gasteiger partial charge in [0, 0.05) is 18.4 Å². The molecule has 1 unspecified atom stereocenters. The lowest BCUT2D eigenvalue weighted by atomic mass is 9.87. The highest BCUT2D eigenvalue weighted by Gasteiger charge is 2.15. The van der Waals surface area contributed by atoms with E-state index in [1.54, 1.807) is 0 Å². The molecule has 1 aliphatic rings. The van der Waals surface area contributed by atoms with E-state index in [1.807, 2.05) is 18.2 Å². The highest BCUT2D eigenvalue weighted by molar-refractivity contribution is 5.68. The van der Waals surface area contributed by atoms with E-state index in [9.17, 15) is 9.90 Å². The largest absolute Gasteiger partial charge is 0.550 e. The minimum Gasteiger partial charge on any atom is -0.550 e. The molecule has 80 valence electrons. The number of carboxylic acid groups (broad SMARTS) is 1. The zero-order valence-corrected chi connectivity index (χ0v) is 8.53. The molecule has 0 fully saturated rings. The molecule has 3 nitrogen and oxygen atoms in total. The number of fused-ring (bicyclic) bond motifs is 1. The fourth-order valence-electron chi connectivity index (χ4n) is 2.11. The Labute approximate surface area is 88.9 Å².